The van der Waals surface area contributed by atoms with Gasteiger partial charge in [-0.2, -0.15) is 8.78 Å². The lowest BCUT2D eigenvalue weighted by atomic mass is 9.91. The summed E-state index contributed by atoms with van der Waals surface area (Å²) < 4.78 is 33.9. The summed E-state index contributed by atoms with van der Waals surface area (Å²) in [5.74, 6) is -5.84. The van der Waals surface area contributed by atoms with E-state index in [4.69, 9.17) is 16.3 Å². The highest BCUT2D eigenvalue weighted by atomic mass is 35.5. The van der Waals surface area contributed by atoms with Crippen LogP contribution < -0.4 is 0 Å². The summed E-state index contributed by atoms with van der Waals surface area (Å²) in [5, 5.41) is 10.2. The van der Waals surface area contributed by atoms with E-state index in [1.807, 2.05) is 0 Å². The highest BCUT2D eigenvalue weighted by Gasteiger charge is 2.54. The molecule has 1 amide bonds. The maximum absolute atomic E-state index is 14.5. The molecule has 0 radical (unpaired) electrons. The van der Waals surface area contributed by atoms with Gasteiger partial charge in [0.25, 0.3) is 0 Å². The van der Waals surface area contributed by atoms with Crippen LogP contribution in [0.3, 0.4) is 0 Å². The number of amides is 1. The first-order valence-electron chi connectivity index (χ1n) is 7.81. The largest absolute Gasteiger partial charge is 0.435 e. The zero-order valence-corrected chi connectivity index (χ0v) is 15.3. The van der Waals surface area contributed by atoms with E-state index < -0.39 is 29.5 Å². The number of alkyl halides is 2. The van der Waals surface area contributed by atoms with Gasteiger partial charge in [-0.15, -0.1) is 0 Å². The van der Waals surface area contributed by atoms with Crippen molar-refractivity contribution in [1.29, 1.82) is 0 Å². The van der Waals surface area contributed by atoms with Crippen molar-refractivity contribution in [3.63, 3.8) is 0 Å². The highest BCUT2D eigenvalue weighted by Crippen LogP contribution is 2.36. The van der Waals surface area contributed by atoms with E-state index in [0.717, 1.165) is 13.8 Å². The molecule has 8 heteroatoms. The van der Waals surface area contributed by atoms with Crippen LogP contribution >= 0.6 is 11.6 Å². The molecule has 0 aliphatic carbocycles. The third-order valence-corrected chi connectivity index (χ3v) is 3.99. The lowest BCUT2D eigenvalue weighted by molar-refractivity contribution is -0.178. The van der Waals surface area contributed by atoms with E-state index in [1.54, 1.807) is 13.8 Å². The Balaban J connectivity index is 3.00. The molecule has 1 atom stereocenters. The van der Waals surface area contributed by atoms with Gasteiger partial charge < -0.3 is 14.7 Å². The Hall–Kier alpha value is -1.73. The quantitative estimate of drug-likeness (QED) is 0.784. The first-order chi connectivity index (χ1) is 11.5. The molecular formula is C17H22ClF2NO4. The van der Waals surface area contributed by atoms with Crippen molar-refractivity contribution in [3.8, 4) is 0 Å². The smallest absolute Gasteiger partial charge is 0.410 e. The lowest BCUT2D eigenvalue weighted by Gasteiger charge is -2.32. The fourth-order valence-corrected chi connectivity index (χ4v) is 2.32. The van der Waals surface area contributed by atoms with E-state index in [1.165, 1.54) is 29.2 Å². The summed E-state index contributed by atoms with van der Waals surface area (Å²) in [7, 11) is 0. The van der Waals surface area contributed by atoms with E-state index >= 15 is 0 Å². The average Bonchev–Trinajstić information content (AvgIpc) is 2.54. The Morgan fingerprint density at radius 3 is 2.12 bits per heavy atom. The van der Waals surface area contributed by atoms with Gasteiger partial charge in [-0.3, -0.25) is 4.79 Å². The minimum absolute atomic E-state index is 0.173. The van der Waals surface area contributed by atoms with Crippen molar-refractivity contribution in [2.75, 3.05) is 13.1 Å². The minimum atomic E-state index is -4.15. The number of ketones is 1. The van der Waals surface area contributed by atoms with Crippen LogP contribution in [0.4, 0.5) is 13.6 Å². The van der Waals surface area contributed by atoms with Crippen molar-refractivity contribution in [2.24, 2.45) is 0 Å². The van der Waals surface area contributed by atoms with Crippen molar-refractivity contribution in [1.82, 2.24) is 4.90 Å². The van der Waals surface area contributed by atoms with E-state index in [2.05, 4.69) is 0 Å². The Morgan fingerprint density at radius 1 is 1.20 bits per heavy atom. The normalized spacial score (nSPS) is 13.3. The van der Waals surface area contributed by atoms with Crippen molar-refractivity contribution in [3.05, 3.63) is 34.9 Å². The van der Waals surface area contributed by atoms with Crippen LogP contribution in [0.2, 0.25) is 5.02 Å². The Kier molecular flexibility index (Phi) is 6.90. The number of aliphatic hydroxyl groups is 1. The summed E-state index contributed by atoms with van der Waals surface area (Å²) in [5.41, 5.74) is -2.29. The lowest BCUT2D eigenvalue weighted by Crippen LogP contribution is -2.51. The summed E-state index contributed by atoms with van der Waals surface area (Å²) in [4.78, 5) is 25.5. The molecule has 5 nitrogen and oxygen atoms in total. The third-order valence-electron chi connectivity index (χ3n) is 3.74. The number of nitrogens with zero attached hydrogens (tertiary/aromatic N) is 1. The molecule has 25 heavy (non-hydrogen) atoms. The van der Waals surface area contributed by atoms with Crippen LogP contribution in [0.1, 0.15) is 39.4 Å². The molecule has 0 bridgehead atoms. The van der Waals surface area contributed by atoms with Crippen LogP contribution in [0.5, 0.6) is 0 Å². The third kappa shape index (κ3) is 4.89. The fraction of sp³-hybridized carbons (Fsp3) is 0.529. The monoisotopic (exact) mass is 377 g/mol. The van der Waals surface area contributed by atoms with Crippen LogP contribution in [0.15, 0.2) is 24.3 Å². The molecule has 1 unspecified atom stereocenters. The fourth-order valence-electron chi connectivity index (χ4n) is 2.19. The SMILES string of the molecule is CCN(CC)C(=O)OC(C)(C)C(=O)C(F)(F)C(O)c1ccc(Cl)cc1. The van der Waals surface area contributed by atoms with Gasteiger partial charge in [0.05, 0.1) is 0 Å². The van der Waals surface area contributed by atoms with Gasteiger partial charge in [-0.1, -0.05) is 23.7 Å². The minimum Gasteiger partial charge on any atom is -0.435 e. The second-order valence-corrected chi connectivity index (χ2v) is 6.39. The first kappa shape index (κ1) is 21.3. The molecule has 1 N–H and O–H groups in total. The van der Waals surface area contributed by atoms with Gasteiger partial charge in [-0.05, 0) is 45.4 Å². The molecule has 0 aromatic heterocycles. The van der Waals surface area contributed by atoms with Gasteiger partial charge >= 0.3 is 12.0 Å². The van der Waals surface area contributed by atoms with Crippen LogP contribution in [-0.2, 0) is 9.53 Å². The van der Waals surface area contributed by atoms with Crippen LogP contribution in [0.25, 0.3) is 0 Å². The number of halogens is 3. The number of Topliss-reactive ketones (excluding diaryl/α,β-unsaturated/α-hetero) is 1. The Bertz CT molecular complexity index is 616. The van der Waals surface area contributed by atoms with Crippen molar-refractivity contribution in [2.45, 2.75) is 45.3 Å². The van der Waals surface area contributed by atoms with Crippen molar-refractivity contribution >= 4 is 23.5 Å². The summed E-state index contributed by atoms with van der Waals surface area (Å²) in [6, 6.07) is 5.05. The Labute approximate surface area is 150 Å². The number of aliphatic hydroxyl groups excluding tert-OH is 1. The zero-order chi connectivity index (χ0) is 19.4. The molecule has 0 fully saturated rings. The number of hydrogen-bond donors (Lipinski definition) is 1. The van der Waals surface area contributed by atoms with Crippen LogP contribution in [-0.4, -0.2) is 46.5 Å². The second-order valence-electron chi connectivity index (χ2n) is 5.96. The second kappa shape index (κ2) is 8.10. The standard InChI is InChI=1S/C17H22ClF2NO4/c1-5-21(6-2)15(24)25-16(3,4)14(23)17(19,20)13(22)11-7-9-12(18)10-8-11/h7-10,13,22H,5-6H2,1-4H3. The number of rotatable bonds is 7. The number of carbonyl (C=O) groups excluding carboxylic acids is 2. The predicted octanol–water partition coefficient (Wildman–Crippen LogP) is 3.83. The molecular weight excluding hydrogens is 356 g/mol. The summed E-state index contributed by atoms with van der Waals surface area (Å²) in [6.07, 6.45) is -3.26. The molecule has 0 aliphatic rings. The molecule has 1 rings (SSSR count). The van der Waals surface area contributed by atoms with E-state index in [-0.39, 0.29) is 5.56 Å². The number of carbonyl (C=O) groups is 2. The summed E-state index contributed by atoms with van der Waals surface area (Å²) >= 11 is 5.68. The molecule has 1 aromatic carbocycles. The molecule has 0 spiro atoms. The van der Waals surface area contributed by atoms with Gasteiger partial charge in [0.15, 0.2) is 11.7 Å². The Morgan fingerprint density at radius 2 is 1.68 bits per heavy atom. The molecule has 0 saturated carbocycles. The first-order valence-corrected chi connectivity index (χ1v) is 8.19. The number of hydrogen-bond acceptors (Lipinski definition) is 4. The van der Waals surface area contributed by atoms with Crippen molar-refractivity contribution < 1.29 is 28.2 Å². The molecule has 0 aliphatic heterocycles. The van der Waals surface area contributed by atoms with E-state index in [0.29, 0.717) is 18.1 Å². The number of benzene rings is 1. The molecule has 140 valence electrons. The van der Waals surface area contributed by atoms with Crippen LogP contribution in [0, 0.1) is 0 Å². The number of ether oxygens (including phenoxy) is 1. The van der Waals surface area contributed by atoms with Gasteiger partial charge in [-0.25, -0.2) is 4.79 Å². The van der Waals surface area contributed by atoms with Gasteiger partial charge in [0, 0.05) is 18.1 Å². The average molecular weight is 378 g/mol. The highest BCUT2D eigenvalue weighted by molar-refractivity contribution is 6.30. The molecule has 1 aromatic rings. The van der Waals surface area contributed by atoms with E-state index in [9.17, 15) is 23.5 Å². The summed E-state index contributed by atoms with van der Waals surface area (Å²) in [6.45, 7) is 6.14. The molecule has 0 saturated heterocycles. The maximum atomic E-state index is 14.5. The predicted molar refractivity (Wildman–Crippen MR) is 89.8 cm³/mol. The topological polar surface area (TPSA) is 66.8 Å². The van der Waals surface area contributed by atoms with Gasteiger partial charge in [0.2, 0.25) is 5.78 Å². The molecule has 0 heterocycles. The van der Waals surface area contributed by atoms with Gasteiger partial charge in [0.1, 0.15) is 0 Å². The zero-order valence-electron chi connectivity index (χ0n) is 14.6. The maximum Gasteiger partial charge on any atom is 0.410 e.